The average Bonchev–Trinajstić information content (AvgIpc) is 3.34. The van der Waals surface area contributed by atoms with E-state index in [1.54, 1.807) is 18.6 Å². The summed E-state index contributed by atoms with van der Waals surface area (Å²) in [6.07, 6.45) is 13.2. The number of aromatic amines is 3. The number of nitrogens with one attached hydrogen (secondary N) is 3. The molecule has 0 radical (unpaired) electrons. The zero-order chi connectivity index (χ0) is 22.2. The van der Waals surface area contributed by atoms with E-state index in [1.807, 2.05) is 0 Å². The first-order chi connectivity index (χ1) is 15.5. The van der Waals surface area contributed by atoms with Crippen molar-refractivity contribution in [2.45, 2.75) is 83.7 Å². The van der Waals surface area contributed by atoms with Gasteiger partial charge in [-0.25, -0.2) is 0 Å². The Morgan fingerprint density at radius 3 is 2.53 bits per heavy atom. The fourth-order valence-electron chi connectivity index (χ4n) is 5.58. The standard InChI is InChI=1S/C25H34N6O/c1-15-6-7-16(2)31(15)12-4-5-19-17(3)29-21(23(19)18-8-9-18)13-22-24(27-11-10-26-22)20-14-28-30-25(20)32/h10-11,14-16,18,29H,4-9,12-13H2,1-3H3,(H2,28,30,32). The summed E-state index contributed by atoms with van der Waals surface area (Å²) in [5, 5.41) is 5.38. The van der Waals surface area contributed by atoms with E-state index in [-0.39, 0.29) is 5.56 Å². The summed E-state index contributed by atoms with van der Waals surface area (Å²) < 4.78 is 0. The smallest absolute Gasteiger partial charge is 0.273 e. The van der Waals surface area contributed by atoms with Crippen molar-refractivity contribution in [2.24, 2.45) is 0 Å². The molecule has 1 aliphatic carbocycles. The van der Waals surface area contributed by atoms with Crippen LogP contribution in [0, 0.1) is 6.92 Å². The summed E-state index contributed by atoms with van der Waals surface area (Å²) in [4.78, 5) is 27.6. The van der Waals surface area contributed by atoms with Crippen molar-refractivity contribution in [1.82, 2.24) is 30.0 Å². The summed E-state index contributed by atoms with van der Waals surface area (Å²) in [6, 6.07) is 1.42. The van der Waals surface area contributed by atoms with Gasteiger partial charge in [-0.05, 0) is 82.9 Å². The molecule has 3 aromatic heterocycles. The second kappa shape index (κ2) is 8.70. The van der Waals surface area contributed by atoms with Crippen LogP contribution in [0.3, 0.4) is 0 Å². The Morgan fingerprint density at radius 2 is 1.84 bits per heavy atom. The van der Waals surface area contributed by atoms with Crippen molar-refractivity contribution in [2.75, 3.05) is 6.54 Å². The van der Waals surface area contributed by atoms with Crippen LogP contribution < -0.4 is 5.56 Å². The molecule has 0 aromatic carbocycles. The quantitative estimate of drug-likeness (QED) is 0.498. The van der Waals surface area contributed by atoms with Crippen LogP contribution >= 0.6 is 0 Å². The molecule has 2 aliphatic rings. The predicted octanol–water partition coefficient (Wildman–Crippen LogP) is 4.07. The Labute approximate surface area is 189 Å². The van der Waals surface area contributed by atoms with Gasteiger partial charge in [0.25, 0.3) is 5.56 Å². The van der Waals surface area contributed by atoms with Crippen LogP contribution in [0.1, 0.15) is 80.1 Å². The van der Waals surface area contributed by atoms with Gasteiger partial charge in [0.1, 0.15) is 0 Å². The zero-order valence-electron chi connectivity index (χ0n) is 19.4. The van der Waals surface area contributed by atoms with Gasteiger partial charge in [0.05, 0.1) is 17.0 Å². The zero-order valence-corrected chi connectivity index (χ0v) is 19.4. The van der Waals surface area contributed by atoms with E-state index in [4.69, 9.17) is 0 Å². The minimum absolute atomic E-state index is 0.164. The van der Waals surface area contributed by atoms with Gasteiger partial charge in [-0.3, -0.25) is 24.8 Å². The Bertz CT molecular complexity index is 1130. The minimum Gasteiger partial charge on any atom is -0.362 e. The van der Waals surface area contributed by atoms with Gasteiger partial charge in [0, 0.05) is 48.5 Å². The Hall–Kier alpha value is -2.67. The third-order valence-electron chi connectivity index (χ3n) is 7.42. The van der Waals surface area contributed by atoms with E-state index in [0.717, 1.165) is 12.1 Å². The highest BCUT2D eigenvalue weighted by atomic mass is 16.1. The molecule has 5 rings (SSSR count). The summed E-state index contributed by atoms with van der Waals surface area (Å²) in [7, 11) is 0. The number of hydrogen-bond donors (Lipinski definition) is 3. The van der Waals surface area contributed by atoms with Crippen molar-refractivity contribution in [3.05, 3.63) is 57.2 Å². The fourth-order valence-corrected chi connectivity index (χ4v) is 5.58. The molecule has 0 bridgehead atoms. The Kier molecular flexibility index (Phi) is 5.76. The number of rotatable bonds is 8. The van der Waals surface area contributed by atoms with Crippen molar-refractivity contribution in [1.29, 1.82) is 0 Å². The third-order valence-corrected chi connectivity index (χ3v) is 7.42. The lowest BCUT2D eigenvalue weighted by Crippen LogP contribution is -2.33. The monoisotopic (exact) mass is 434 g/mol. The average molecular weight is 435 g/mol. The lowest BCUT2D eigenvalue weighted by Gasteiger charge is -2.25. The van der Waals surface area contributed by atoms with Crippen molar-refractivity contribution in [3.63, 3.8) is 0 Å². The number of hydrogen-bond acceptors (Lipinski definition) is 4. The van der Waals surface area contributed by atoms with E-state index in [9.17, 15) is 4.79 Å². The van der Waals surface area contributed by atoms with E-state index in [2.05, 4.69) is 50.8 Å². The van der Waals surface area contributed by atoms with Crippen molar-refractivity contribution < 1.29 is 0 Å². The molecule has 32 heavy (non-hydrogen) atoms. The highest BCUT2D eigenvalue weighted by Gasteiger charge is 2.32. The molecule has 7 heteroatoms. The lowest BCUT2D eigenvalue weighted by molar-refractivity contribution is 0.212. The lowest BCUT2D eigenvalue weighted by atomic mass is 9.97. The molecular weight excluding hydrogens is 400 g/mol. The van der Waals surface area contributed by atoms with Crippen molar-refractivity contribution in [3.8, 4) is 11.3 Å². The van der Waals surface area contributed by atoms with Gasteiger partial charge in [-0.2, -0.15) is 0 Å². The van der Waals surface area contributed by atoms with E-state index in [0.29, 0.717) is 35.7 Å². The first-order valence-corrected chi connectivity index (χ1v) is 12.0. The van der Waals surface area contributed by atoms with Gasteiger partial charge in [-0.15, -0.1) is 0 Å². The SMILES string of the molecule is Cc1[nH]c(Cc2nccnc2-c2c[nH][nH]c2=O)c(C2CC2)c1CCCN1C(C)CCC1C. The highest BCUT2D eigenvalue weighted by Crippen LogP contribution is 2.45. The van der Waals surface area contributed by atoms with Crippen LogP contribution in [-0.4, -0.2) is 48.7 Å². The molecule has 3 N–H and O–H groups in total. The second-order valence-corrected chi connectivity index (χ2v) is 9.70. The summed E-state index contributed by atoms with van der Waals surface area (Å²) in [6.45, 7) is 8.12. The Balaban J connectivity index is 1.38. The predicted molar refractivity (Wildman–Crippen MR) is 126 cm³/mol. The van der Waals surface area contributed by atoms with Gasteiger partial charge >= 0.3 is 0 Å². The van der Waals surface area contributed by atoms with E-state index >= 15 is 0 Å². The topological polar surface area (TPSA) is 93.5 Å². The molecule has 0 spiro atoms. The third kappa shape index (κ3) is 4.06. The first kappa shape index (κ1) is 21.2. The number of likely N-dealkylation sites (tertiary alicyclic amines) is 1. The van der Waals surface area contributed by atoms with Crippen molar-refractivity contribution >= 4 is 0 Å². The number of nitrogens with zero attached hydrogens (tertiary/aromatic N) is 3. The molecule has 2 atom stereocenters. The van der Waals surface area contributed by atoms with Crippen LogP contribution in [0.5, 0.6) is 0 Å². The summed E-state index contributed by atoms with van der Waals surface area (Å²) in [5.41, 5.74) is 7.42. The normalized spacial score (nSPS) is 21.5. The molecule has 1 saturated carbocycles. The second-order valence-electron chi connectivity index (χ2n) is 9.70. The molecule has 3 aromatic rings. The molecular formula is C25H34N6O. The molecule has 2 fully saturated rings. The molecule has 2 unspecified atom stereocenters. The maximum atomic E-state index is 12.2. The van der Waals surface area contributed by atoms with Crippen LogP contribution in [0.2, 0.25) is 0 Å². The van der Waals surface area contributed by atoms with Gasteiger partial charge in [-0.1, -0.05) is 0 Å². The molecule has 1 aliphatic heterocycles. The number of aryl methyl sites for hydroxylation is 1. The number of H-pyrrole nitrogens is 3. The molecule has 4 heterocycles. The maximum absolute atomic E-state index is 12.2. The van der Waals surface area contributed by atoms with Gasteiger partial charge < -0.3 is 10.1 Å². The minimum atomic E-state index is -0.164. The van der Waals surface area contributed by atoms with E-state index < -0.39 is 0 Å². The van der Waals surface area contributed by atoms with E-state index in [1.165, 1.54) is 61.2 Å². The highest BCUT2D eigenvalue weighted by molar-refractivity contribution is 5.60. The van der Waals surface area contributed by atoms with Crippen LogP contribution in [0.4, 0.5) is 0 Å². The van der Waals surface area contributed by atoms with Crippen LogP contribution in [0.25, 0.3) is 11.3 Å². The van der Waals surface area contributed by atoms with Gasteiger partial charge in [0.2, 0.25) is 0 Å². The fraction of sp³-hybridized carbons (Fsp3) is 0.560. The Morgan fingerprint density at radius 1 is 1.09 bits per heavy atom. The number of aromatic nitrogens is 5. The van der Waals surface area contributed by atoms with Gasteiger partial charge in [0.15, 0.2) is 0 Å². The summed E-state index contributed by atoms with van der Waals surface area (Å²) >= 11 is 0. The maximum Gasteiger partial charge on any atom is 0.273 e. The van der Waals surface area contributed by atoms with Crippen LogP contribution in [-0.2, 0) is 12.8 Å². The molecule has 0 amide bonds. The largest absolute Gasteiger partial charge is 0.362 e. The molecule has 7 nitrogen and oxygen atoms in total. The first-order valence-electron chi connectivity index (χ1n) is 12.0. The summed E-state index contributed by atoms with van der Waals surface area (Å²) in [5.74, 6) is 0.658. The molecule has 1 saturated heterocycles. The van der Waals surface area contributed by atoms with Crippen LogP contribution in [0.15, 0.2) is 23.4 Å². The molecule has 170 valence electrons.